The molecule has 0 atom stereocenters. The molecule has 2 rings (SSSR count). The monoisotopic (exact) mass is 284 g/mol. The Morgan fingerprint density at radius 3 is 2.43 bits per heavy atom. The van der Waals surface area contributed by atoms with Gasteiger partial charge in [-0.25, -0.2) is 4.79 Å². The highest BCUT2D eigenvalue weighted by molar-refractivity contribution is 5.93. The minimum Gasteiger partial charge on any atom is -0.478 e. The first kappa shape index (κ1) is 14.7. The van der Waals surface area contributed by atoms with E-state index in [0.29, 0.717) is 6.54 Å². The van der Waals surface area contributed by atoms with Crippen molar-refractivity contribution in [3.05, 3.63) is 65.5 Å². The van der Waals surface area contributed by atoms with E-state index in [1.807, 2.05) is 30.3 Å². The molecular weight excluding hydrogens is 268 g/mol. The van der Waals surface area contributed by atoms with Crippen LogP contribution in [0.2, 0.25) is 0 Å². The third kappa shape index (κ3) is 3.89. The predicted octanol–water partition coefficient (Wildman–Crippen LogP) is 2.09. The number of hydrogen-bond acceptors (Lipinski definition) is 3. The number of likely N-dealkylation sites (N-methyl/N-ethyl adjacent to an activating group) is 1. The second-order valence-corrected chi connectivity index (χ2v) is 4.70. The van der Waals surface area contributed by atoms with E-state index < -0.39 is 5.97 Å². The molecule has 21 heavy (non-hydrogen) atoms. The number of pyridine rings is 1. The van der Waals surface area contributed by atoms with Crippen molar-refractivity contribution >= 4 is 11.9 Å². The highest BCUT2D eigenvalue weighted by Gasteiger charge is 2.13. The van der Waals surface area contributed by atoms with Crippen molar-refractivity contribution in [3.63, 3.8) is 0 Å². The van der Waals surface area contributed by atoms with E-state index in [9.17, 15) is 9.59 Å². The lowest BCUT2D eigenvalue weighted by Gasteiger charge is -2.16. The van der Waals surface area contributed by atoms with E-state index in [-0.39, 0.29) is 17.2 Å². The number of aromatic nitrogens is 1. The summed E-state index contributed by atoms with van der Waals surface area (Å²) in [6, 6.07) is 12.7. The lowest BCUT2D eigenvalue weighted by molar-refractivity contribution is 0.0694. The molecule has 108 valence electrons. The van der Waals surface area contributed by atoms with Gasteiger partial charge in [-0.15, -0.1) is 0 Å². The maximum atomic E-state index is 12.2. The zero-order valence-corrected chi connectivity index (χ0v) is 11.7. The van der Waals surface area contributed by atoms with Gasteiger partial charge in [0.2, 0.25) is 0 Å². The Kier molecular flexibility index (Phi) is 4.66. The van der Waals surface area contributed by atoms with Gasteiger partial charge in [0.1, 0.15) is 5.69 Å². The Bertz CT molecular complexity index is 624. The van der Waals surface area contributed by atoms with Crippen LogP contribution in [0.25, 0.3) is 0 Å². The molecule has 2 aromatic rings. The third-order valence-corrected chi connectivity index (χ3v) is 3.15. The maximum absolute atomic E-state index is 12.2. The van der Waals surface area contributed by atoms with E-state index in [1.54, 1.807) is 11.9 Å². The van der Waals surface area contributed by atoms with Crippen LogP contribution in [0.4, 0.5) is 0 Å². The molecular formula is C16H16N2O3. The van der Waals surface area contributed by atoms with Gasteiger partial charge in [-0.1, -0.05) is 30.3 Å². The van der Waals surface area contributed by atoms with Gasteiger partial charge in [-0.05, 0) is 24.1 Å². The predicted molar refractivity (Wildman–Crippen MR) is 78.3 cm³/mol. The molecule has 0 bridgehead atoms. The molecule has 1 amide bonds. The molecule has 5 nitrogen and oxygen atoms in total. The molecule has 0 spiro atoms. The van der Waals surface area contributed by atoms with Crippen molar-refractivity contribution < 1.29 is 14.7 Å². The molecule has 1 heterocycles. The van der Waals surface area contributed by atoms with Gasteiger partial charge >= 0.3 is 5.97 Å². The number of carbonyl (C=O) groups is 2. The zero-order chi connectivity index (χ0) is 15.2. The van der Waals surface area contributed by atoms with Gasteiger partial charge in [0.15, 0.2) is 0 Å². The number of benzene rings is 1. The van der Waals surface area contributed by atoms with Crippen LogP contribution in [0.3, 0.4) is 0 Å². The fourth-order valence-corrected chi connectivity index (χ4v) is 1.89. The summed E-state index contributed by atoms with van der Waals surface area (Å²) in [6.07, 6.45) is 1.96. The molecule has 0 fully saturated rings. The number of amides is 1. The highest BCUT2D eigenvalue weighted by Crippen LogP contribution is 2.05. The van der Waals surface area contributed by atoms with Crippen molar-refractivity contribution in [3.8, 4) is 0 Å². The number of aromatic carboxylic acids is 1. The summed E-state index contributed by atoms with van der Waals surface area (Å²) in [5.74, 6) is -1.28. The Morgan fingerprint density at radius 2 is 1.86 bits per heavy atom. The number of nitrogens with zero attached hydrogens (tertiary/aromatic N) is 2. The lowest BCUT2D eigenvalue weighted by Crippen LogP contribution is -2.29. The average Bonchev–Trinajstić information content (AvgIpc) is 2.53. The van der Waals surface area contributed by atoms with Crippen molar-refractivity contribution in [1.29, 1.82) is 0 Å². The molecule has 1 aromatic heterocycles. The second kappa shape index (κ2) is 6.65. The third-order valence-electron chi connectivity index (χ3n) is 3.15. The van der Waals surface area contributed by atoms with Crippen LogP contribution in [0.5, 0.6) is 0 Å². The summed E-state index contributed by atoms with van der Waals surface area (Å²) in [5.41, 5.74) is 1.47. The Morgan fingerprint density at radius 1 is 1.14 bits per heavy atom. The molecule has 5 heteroatoms. The molecule has 1 N–H and O–H groups in total. The van der Waals surface area contributed by atoms with Crippen LogP contribution in [-0.4, -0.2) is 40.5 Å². The van der Waals surface area contributed by atoms with Gasteiger partial charge in [0.25, 0.3) is 5.91 Å². The number of carbonyl (C=O) groups excluding carboxylic acids is 1. The summed E-state index contributed by atoms with van der Waals surface area (Å²) in [4.78, 5) is 28.4. The summed E-state index contributed by atoms with van der Waals surface area (Å²) < 4.78 is 0. The van der Waals surface area contributed by atoms with Crippen LogP contribution in [0.1, 0.15) is 26.4 Å². The minimum absolute atomic E-state index is 0.0680. The highest BCUT2D eigenvalue weighted by atomic mass is 16.4. The largest absolute Gasteiger partial charge is 0.478 e. The van der Waals surface area contributed by atoms with E-state index >= 15 is 0 Å². The first-order chi connectivity index (χ1) is 10.1. The first-order valence-electron chi connectivity index (χ1n) is 6.56. The van der Waals surface area contributed by atoms with E-state index in [0.717, 1.165) is 12.0 Å². The van der Waals surface area contributed by atoms with Crippen LogP contribution in [0.15, 0.2) is 48.7 Å². The van der Waals surface area contributed by atoms with Crippen LogP contribution < -0.4 is 0 Å². The topological polar surface area (TPSA) is 70.5 Å². The molecule has 0 radical (unpaired) electrons. The van der Waals surface area contributed by atoms with Crippen molar-refractivity contribution in [1.82, 2.24) is 9.88 Å². The van der Waals surface area contributed by atoms with Gasteiger partial charge in [-0.2, -0.15) is 0 Å². The van der Waals surface area contributed by atoms with Crippen LogP contribution in [0, 0.1) is 0 Å². The molecule has 0 aliphatic heterocycles. The van der Waals surface area contributed by atoms with Gasteiger partial charge in [0, 0.05) is 19.8 Å². The van der Waals surface area contributed by atoms with Crippen LogP contribution in [-0.2, 0) is 6.42 Å². The van der Waals surface area contributed by atoms with E-state index in [2.05, 4.69) is 4.98 Å². The van der Waals surface area contributed by atoms with Crippen LogP contribution >= 0.6 is 0 Å². The maximum Gasteiger partial charge on any atom is 0.337 e. The number of carboxylic acids is 1. The molecule has 0 saturated heterocycles. The first-order valence-corrected chi connectivity index (χ1v) is 6.56. The van der Waals surface area contributed by atoms with Gasteiger partial charge < -0.3 is 10.0 Å². The Labute approximate surface area is 122 Å². The summed E-state index contributed by atoms with van der Waals surface area (Å²) in [6.45, 7) is 0.575. The van der Waals surface area contributed by atoms with Crippen molar-refractivity contribution in [2.24, 2.45) is 0 Å². The summed E-state index contributed by atoms with van der Waals surface area (Å²) in [7, 11) is 1.71. The smallest absolute Gasteiger partial charge is 0.337 e. The van der Waals surface area contributed by atoms with Gasteiger partial charge in [-0.3, -0.25) is 9.78 Å². The van der Waals surface area contributed by atoms with Crippen molar-refractivity contribution in [2.45, 2.75) is 6.42 Å². The molecule has 1 aromatic carbocycles. The number of carboxylic acid groups (broad SMARTS) is 1. The molecule has 0 aliphatic rings. The van der Waals surface area contributed by atoms with Gasteiger partial charge in [0.05, 0.1) is 5.56 Å². The SMILES string of the molecule is CN(CCc1ccccc1)C(=O)c1ccc(C(=O)O)cn1. The zero-order valence-electron chi connectivity index (χ0n) is 11.7. The summed E-state index contributed by atoms with van der Waals surface area (Å²) in [5, 5.41) is 8.80. The van der Waals surface area contributed by atoms with E-state index in [4.69, 9.17) is 5.11 Å². The lowest BCUT2D eigenvalue weighted by atomic mass is 10.1. The fraction of sp³-hybridized carbons (Fsp3) is 0.188. The quantitative estimate of drug-likeness (QED) is 0.912. The normalized spacial score (nSPS) is 10.1. The average molecular weight is 284 g/mol. The second-order valence-electron chi connectivity index (χ2n) is 4.70. The fourth-order valence-electron chi connectivity index (χ4n) is 1.89. The Balaban J connectivity index is 1.97. The molecule has 0 unspecified atom stereocenters. The minimum atomic E-state index is -1.06. The number of rotatable bonds is 5. The molecule has 0 aliphatic carbocycles. The van der Waals surface area contributed by atoms with Crippen molar-refractivity contribution in [2.75, 3.05) is 13.6 Å². The Hall–Kier alpha value is -2.69. The number of hydrogen-bond donors (Lipinski definition) is 1. The molecule has 0 saturated carbocycles. The summed E-state index contributed by atoms with van der Waals surface area (Å²) >= 11 is 0. The standard InChI is InChI=1S/C16H16N2O3/c1-18(10-9-12-5-3-2-4-6-12)15(19)14-8-7-13(11-17-14)16(20)21/h2-8,11H,9-10H2,1H3,(H,20,21). The van der Waals surface area contributed by atoms with E-state index in [1.165, 1.54) is 18.3 Å².